The summed E-state index contributed by atoms with van der Waals surface area (Å²) in [5.74, 6) is -1.85. The van der Waals surface area contributed by atoms with Gasteiger partial charge < -0.3 is 5.11 Å². The molecule has 0 aliphatic carbocycles. The minimum absolute atomic E-state index is 0.291. The Hall–Kier alpha value is -1.87. The van der Waals surface area contributed by atoms with Gasteiger partial charge in [-0.15, -0.1) is 0 Å². The van der Waals surface area contributed by atoms with Crippen LogP contribution in [0.25, 0.3) is 0 Å². The third-order valence-corrected chi connectivity index (χ3v) is 3.33. The Balaban J connectivity index is 2.13. The Morgan fingerprint density at radius 3 is 2.25 bits per heavy atom. The van der Waals surface area contributed by atoms with Crippen LogP contribution in [0.2, 0.25) is 5.02 Å². The smallest absolute Gasteiger partial charge is 0.307 e. The molecule has 0 bridgehead atoms. The third-order valence-electron chi connectivity index (χ3n) is 3.09. The molecule has 20 heavy (non-hydrogen) atoms. The van der Waals surface area contributed by atoms with Crippen molar-refractivity contribution < 1.29 is 14.3 Å². The van der Waals surface area contributed by atoms with Crippen LogP contribution >= 0.6 is 11.6 Å². The van der Waals surface area contributed by atoms with Gasteiger partial charge in [0.25, 0.3) is 0 Å². The molecule has 0 saturated carbocycles. The van der Waals surface area contributed by atoms with Gasteiger partial charge in [-0.05, 0) is 48.2 Å². The molecule has 0 aromatic heterocycles. The van der Waals surface area contributed by atoms with Gasteiger partial charge in [-0.3, -0.25) is 4.79 Å². The highest BCUT2D eigenvalue weighted by Crippen LogP contribution is 2.18. The van der Waals surface area contributed by atoms with Gasteiger partial charge in [0, 0.05) is 5.02 Å². The normalized spacial score (nSPS) is 12.1. The van der Waals surface area contributed by atoms with Gasteiger partial charge in [-0.1, -0.05) is 35.9 Å². The van der Waals surface area contributed by atoms with Crippen molar-refractivity contribution >= 4 is 17.6 Å². The van der Waals surface area contributed by atoms with Crippen molar-refractivity contribution in [3.63, 3.8) is 0 Å². The van der Waals surface area contributed by atoms with Crippen molar-refractivity contribution in [1.82, 2.24) is 0 Å². The van der Waals surface area contributed by atoms with Gasteiger partial charge in [-0.25, -0.2) is 4.39 Å². The first-order valence-corrected chi connectivity index (χ1v) is 6.64. The lowest BCUT2D eigenvalue weighted by Gasteiger charge is -2.13. The summed E-state index contributed by atoms with van der Waals surface area (Å²) in [7, 11) is 0. The first-order valence-electron chi connectivity index (χ1n) is 6.26. The summed E-state index contributed by atoms with van der Waals surface area (Å²) in [5.41, 5.74) is 1.54. The van der Waals surface area contributed by atoms with E-state index in [4.69, 9.17) is 11.6 Å². The SMILES string of the molecule is O=C(O)C(Cc1cccc(F)c1)Cc1cccc(Cl)c1. The van der Waals surface area contributed by atoms with E-state index in [1.54, 1.807) is 30.3 Å². The highest BCUT2D eigenvalue weighted by Gasteiger charge is 2.19. The van der Waals surface area contributed by atoms with Crippen molar-refractivity contribution in [2.45, 2.75) is 12.8 Å². The fourth-order valence-electron chi connectivity index (χ4n) is 2.14. The van der Waals surface area contributed by atoms with E-state index in [9.17, 15) is 14.3 Å². The summed E-state index contributed by atoms with van der Waals surface area (Å²) in [6, 6.07) is 13.2. The molecule has 0 amide bonds. The first kappa shape index (κ1) is 14.5. The van der Waals surface area contributed by atoms with Gasteiger partial charge in [-0.2, -0.15) is 0 Å². The number of hydrogen-bond donors (Lipinski definition) is 1. The van der Waals surface area contributed by atoms with E-state index in [2.05, 4.69) is 0 Å². The zero-order valence-corrected chi connectivity index (χ0v) is 11.5. The Kier molecular flexibility index (Phi) is 4.74. The van der Waals surface area contributed by atoms with Gasteiger partial charge >= 0.3 is 5.97 Å². The number of carboxylic acid groups (broad SMARTS) is 1. The van der Waals surface area contributed by atoms with Crippen LogP contribution in [0.1, 0.15) is 11.1 Å². The largest absolute Gasteiger partial charge is 0.481 e. The predicted octanol–water partition coefficient (Wildman–Crippen LogP) is 3.97. The van der Waals surface area contributed by atoms with E-state index in [0.717, 1.165) is 5.56 Å². The minimum Gasteiger partial charge on any atom is -0.481 e. The molecule has 0 fully saturated rings. The quantitative estimate of drug-likeness (QED) is 0.905. The second-order valence-corrected chi connectivity index (χ2v) is 5.14. The van der Waals surface area contributed by atoms with Crippen molar-refractivity contribution in [2.75, 3.05) is 0 Å². The zero-order chi connectivity index (χ0) is 14.5. The molecule has 0 aliphatic rings. The molecule has 1 unspecified atom stereocenters. The van der Waals surface area contributed by atoms with Crippen LogP contribution in [-0.2, 0) is 17.6 Å². The number of carboxylic acids is 1. The molecule has 1 N–H and O–H groups in total. The summed E-state index contributed by atoms with van der Waals surface area (Å²) in [5, 5.41) is 9.89. The van der Waals surface area contributed by atoms with Crippen LogP contribution in [0.4, 0.5) is 4.39 Å². The Morgan fingerprint density at radius 2 is 1.70 bits per heavy atom. The van der Waals surface area contributed by atoms with Crippen molar-refractivity contribution in [2.24, 2.45) is 5.92 Å². The lowest BCUT2D eigenvalue weighted by atomic mass is 9.92. The number of aliphatic carboxylic acids is 1. The summed E-state index contributed by atoms with van der Waals surface area (Å²) in [6.07, 6.45) is 0.659. The Morgan fingerprint density at radius 1 is 1.10 bits per heavy atom. The maximum atomic E-state index is 13.1. The van der Waals surface area contributed by atoms with E-state index in [-0.39, 0.29) is 5.82 Å². The molecule has 2 aromatic rings. The minimum atomic E-state index is -0.894. The summed E-state index contributed by atoms with van der Waals surface area (Å²) < 4.78 is 13.1. The second-order valence-electron chi connectivity index (χ2n) is 4.70. The predicted molar refractivity (Wildman–Crippen MR) is 76.4 cm³/mol. The summed E-state index contributed by atoms with van der Waals surface area (Å²) in [4.78, 5) is 11.4. The molecular formula is C16H14ClFO2. The maximum absolute atomic E-state index is 13.1. The molecule has 2 aromatic carbocycles. The van der Waals surface area contributed by atoms with E-state index in [0.29, 0.717) is 23.4 Å². The van der Waals surface area contributed by atoms with Crippen molar-refractivity contribution in [1.29, 1.82) is 0 Å². The van der Waals surface area contributed by atoms with Crippen molar-refractivity contribution in [3.8, 4) is 0 Å². The summed E-state index contributed by atoms with van der Waals surface area (Å²) >= 11 is 5.89. The van der Waals surface area contributed by atoms with Crippen LogP contribution in [-0.4, -0.2) is 11.1 Å². The van der Waals surface area contributed by atoms with Gasteiger partial charge in [0.2, 0.25) is 0 Å². The number of benzene rings is 2. The molecule has 0 heterocycles. The molecular weight excluding hydrogens is 279 g/mol. The van der Waals surface area contributed by atoms with E-state index in [1.165, 1.54) is 12.1 Å². The molecule has 0 saturated heterocycles. The van der Waals surface area contributed by atoms with E-state index in [1.807, 2.05) is 6.07 Å². The van der Waals surface area contributed by atoms with E-state index < -0.39 is 11.9 Å². The van der Waals surface area contributed by atoms with E-state index >= 15 is 0 Å². The number of rotatable bonds is 5. The maximum Gasteiger partial charge on any atom is 0.307 e. The number of hydrogen-bond acceptors (Lipinski definition) is 1. The highest BCUT2D eigenvalue weighted by atomic mass is 35.5. The molecule has 0 spiro atoms. The highest BCUT2D eigenvalue weighted by molar-refractivity contribution is 6.30. The first-order chi connectivity index (χ1) is 9.54. The third kappa shape index (κ3) is 4.07. The topological polar surface area (TPSA) is 37.3 Å². The van der Waals surface area contributed by atoms with Gasteiger partial charge in [0.15, 0.2) is 0 Å². The molecule has 104 valence electrons. The van der Waals surface area contributed by atoms with Crippen LogP contribution in [0.3, 0.4) is 0 Å². The molecule has 1 atom stereocenters. The standard InChI is InChI=1S/C16H14ClFO2/c17-14-5-1-3-11(9-14)7-13(16(19)20)8-12-4-2-6-15(18)10-12/h1-6,9-10,13H,7-8H2,(H,19,20). The van der Waals surface area contributed by atoms with Gasteiger partial charge in [0.05, 0.1) is 5.92 Å². The lowest BCUT2D eigenvalue weighted by Crippen LogP contribution is -2.19. The molecule has 4 heteroatoms. The monoisotopic (exact) mass is 292 g/mol. The van der Waals surface area contributed by atoms with Gasteiger partial charge in [0.1, 0.15) is 5.82 Å². The molecule has 2 nitrogen and oxygen atoms in total. The van der Waals surface area contributed by atoms with Crippen LogP contribution in [0, 0.1) is 11.7 Å². The average molecular weight is 293 g/mol. The zero-order valence-electron chi connectivity index (χ0n) is 10.7. The lowest BCUT2D eigenvalue weighted by molar-refractivity contribution is -0.141. The van der Waals surface area contributed by atoms with Crippen molar-refractivity contribution in [3.05, 3.63) is 70.5 Å². The summed E-state index contributed by atoms with van der Waals surface area (Å²) in [6.45, 7) is 0. The number of halogens is 2. The molecule has 2 rings (SSSR count). The Labute approximate surface area is 121 Å². The average Bonchev–Trinajstić information content (AvgIpc) is 2.38. The fourth-order valence-corrected chi connectivity index (χ4v) is 2.36. The number of carbonyl (C=O) groups is 1. The Bertz CT molecular complexity index is 565. The molecule has 0 aliphatic heterocycles. The fraction of sp³-hybridized carbons (Fsp3) is 0.188. The van der Waals surface area contributed by atoms with Crippen LogP contribution in [0.15, 0.2) is 48.5 Å². The van der Waals surface area contributed by atoms with Crippen LogP contribution < -0.4 is 0 Å². The van der Waals surface area contributed by atoms with Crippen LogP contribution in [0.5, 0.6) is 0 Å². The second kappa shape index (κ2) is 6.53. The molecule has 0 radical (unpaired) electrons.